The van der Waals surface area contributed by atoms with Crippen molar-refractivity contribution in [2.75, 3.05) is 0 Å². The van der Waals surface area contributed by atoms with Gasteiger partial charge in [0.1, 0.15) is 5.69 Å². The first-order chi connectivity index (χ1) is 14.2. The lowest BCUT2D eigenvalue weighted by Crippen LogP contribution is -2.41. The quantitative estimate of drug-likeness (QED) is 0.308. The third kappa shape index (κ3) is 3.71. The molecule has 1 aromatic heterocycles. The average molecular weight is 428 g/mol. The van der Waals surface area contributed by atoms with Crippen LogP contribution in [0.15, 0.2) is 42.5 Å². The molecule has 3 rings (SSSR count). The second-order valence-electron chi connectivity index (χ2n) is 7.20. The molecule has 0 unspecified atom stereocenters. The van der Waals surface area contributed by atoms with Crippen molar-refractivity contribution < 1.29 is 24.2 Å². The van der Waals surface area contributed by atoms with E-state index in [0.29, 0.717) is 21.5 Å². The molecule has 0 saturated carbocycles. The van der Waals surface area contributed by atoms with Crippen LogP contribution in [0, 0.1) is 12.3 Å². The normalized spacial score (nSPS) is 11.5. The molecule has 0 aliphatic rings. The standard InChI is InChI=1S/C23H22ClNO5/c1-4-23(5-2,21(27)28)22(29)30-20-16-12-13(3)6-11-17(16)25-18(20)19(26)14-7-9-15(24)10-8-14/h6-12,25H,4-5H2,1-3H3,(H,27,28). The van der Waals surface area contributed by atoms with E-state index >= 15 is 0 Å². The van der Waals surface area contributed by atoms with Crippen molar-refractivity contribution in [3.8, 4) is 5.75 Å². The highest BCUT2D eigenvalue weighted by Crippen LogP contribution is 2.36. The Morgan fingerprint density at radius 3 is 2.27 bits per heavy atom. The van der Waals surface area contributed by atoms with E-state index in [9.17, 15) is 19.5 Å². The molecule has 0 atom stereocenters. The van der Waals surface area contributed by atoms with Crippen LogP contribution in [0.3, 0.4) is 0 Å². The second-order valence-corrected chi connectivity index (χ2v) is 7.63. The molecule has 2 aromatic carbocycles. The van der Waals surface area contributed by atoms with Crippen LogP contribution in [0.5, 0.6) is 5.75 Å². The van der Waals surface area contributed by atoms with Gasteiger partial charge in [-0.3, -0.25) is 14.4 Å². The Hall–Kier alpha value is -3.12. The van der Waals surface area contributed by atoms with Crippen molar-refractivity contribution in [2.24, 2.45) is 5.41 Å². The Balaban J connectivity index is 2.14. The van der Waals surface area contributed by atoms with Crippen LogP contribution in [-0.4, -0.2) is 27.8 Å². The molecule has 0 fully saturated rings. The van der Waals surface area contributed by atoms with Crippen LogP contribution in [-0.2, 0) is 9.59 Å². The topological polar surface area (TPSA) is 96.5 Å². The molecule has 2 N–H and O–H groups in total. The van der Waals surface area contributed by atoms with Gasteiger partial charge in [0.2, 0.25) is 5.78 Å². The molecule has 0 amide bonds. The fourth-order valence-corrected chi connectivity index (χ4v) is 3.54. The summed E-state index contributed by atoms with van der Waals surface area (Å²) in [4.78, 5) is 41.0. The van der Waals surface area contributed by atoms with Gasteiger partial charge in [0, 0.05) is 21.5 Å². The molecule has 3 aromatic rings. The summed E-state index contributed by atoms with van der Waals surface area (Å²) >= 11 is 5.91. The Morgan fingerprint density at radius 1 is 1.07 bits per heavy atom. The maximum atomic E-state index is 13.2. The summed E-state index contributed by atoms with van der Waals surface area (Å²) in [6, 6.07) is 11.8. The largest absolute Gasteiger partial charge is 0.480 e. The van der Waals surface area contributed by atoms with Gasteiger partial charge in [0.25, 0.3) is 0 Å². The molecule has 7 heteroatoms. The van der Waals surface area contributed by atoms with E-state index in [1.807, 2.05) is 13.0 Å². The molecule has 0 aliphatic heterocycles. The maximum Gasteiger partial charge on any atom is 0.328 e. The summed E-state index contributed by atoms with van der Waals surface area (Å²) in [5, 5.41) is 10.7. The van der Waals surface area contributed by atoms with E-state index in [4.69, 9.17) is 16.3 Å². The fourth-order valence-electron chi connectivity index (χ4n) is 3.41. The number of halogens is 1. The van der Waals surface area contributed by atoms with Gasteiger partial charge in [-0.1, -0.05) is 37.1 Å². The molecule has 0 saturated heterocycles. The number of carbonyl (C=O) groups is 3. The molecular weight excluding hydrogens is 406 g/mol. The van der Waals surface area contributed by atoms with Gasteiger partial charge in [0.15, 0.2) is 11.2 Å². The molecule has 0 aliphatic carbocycles. The number of aromatic amines is 1. The van der Waals surface area contributed by atoms with Crippen LogP contribution in [0.4, 0.5) is 0 Å². The minimum atomic E-state index is -1.69. The molecule has 30 heavy (non-hydrogen) atoms. The lowest BCUT2D eigenvalue weighted by atomic mass is 9.82. The average Bonchev–Trinajstić information content (AvgIpc) is 3.06. The molecule has 1 heterocycles. The van der Waals surface area contributed by atoms with E-state index in [1.54, 1.807) is 50.2 Å². The highest BCUT2D eigenvalue weighted by Gasteiger charge is 2.45. The number of esters is 1. The van der Waals surface area contributed by atoms with Crippen LogP contribution >= 0.6 is 11.6 Å². The molecule has 0 spiro atoms. The lowest BCUT2D eigenvalue weighted by Gasteiger charge is -2.24. The summed E-state index contributed by atoms with van der Waals surface area (Å²) < 4.78 is 5.63. The van der Waals surface area contributed by atoms with Gasteiger partial charge >= 0.3 is 11.9 Å². The predicted octanol–water partition coefficient (Wildman–Crippen LogP) is 5.16. The SMILES string of the molecule is CCC(CC)(C(=O)O)C(=O)Oc1c(C(=O)c2ccc(Cl)cc2)[nH]c2ccc(C)cc12. The van der Waals surface area contributed by atoms with Gasteiger partial charge in [-0.15, -0.1) is 0 Å². The Morgan fingerprint density at radius 2 is 1.70 bits per heavy atom. The number of ether oxygens (including phenoxy) is 1. The Kier molecular flexibility index (Phi) is 5.99. The number of carboxylic acids is 1. The zero-order chi connectivity index (χ0) is 22.1. The van der Waals surface area contributed by atoms with Crippen LogP contribution < -0.4 is 4.74 Å². The summed E-state index contributed by atoms with van der Waals surface area (Å²) in [5.41, 5.74) is 0.260. The number of fused-ring (bicyclic) bond motifs is 1. The number of aromatic nitrogens is 1. The lowest BCUT2D eigenvalue weighted by molar-refractivity contribution is -0.163. The van der Waals surface area contributed by atoms with E-state index in [-0.39, 0.29) is 24.3 Å². The third-order valence-corrected chi connectivity index (χ3v) is 5.69. The van der Waals surface area contributed by atoms with Gasteiger partial charge in [0.05, 0.1) is 0 Å². The van der Waals surface area contributed by atoms with Crippen molar-refractivity contribution in [1.82, 2.24) is 4.98 Å². The first-order valence-electron chi connectivity index (χ1n) is 9.61. The Bertz CT molecular complexity index is 1130. The van der Waals surface area contributed by atoms with E-state index in [1.165, 1.54) is 0 Å². The van der Waals surface area contributed by atoms with Crippen LogP contribution in [0.1, 0.15) is 48.3 Å². The fraction of sp³-hybridized carbons (Fsp3) is 0.261. The van der Waals surface area contributed by atoms with E-state index in [2.05, 4.69) is 4.98 Å². The molecular formula is C23H22ClNO5. The number of hydrogen-bond donors (Lipinski definition) is 2. The molecule has 0 bridgehead atoms. The number of benzene rings is 2. The summed E-state index contributed by atoms with van der Waals surface area (Å²) in [7, 11) is 0. The highest BCUT2D eigenvalue weighted by atomic mass is 35.5. The van der Waals surface area contributed by atoms with Crippen molar-refractivity contribution >= 4 is 40.2 Å². The summed E-state index contributed by atoms with van der Waals surface area (Å²) in [6.07, 6.45) is 0.138. The molecule has 0 radical (unpaired) electrons. The molecule has 156 valence electrons. The molecule has 6 nitrogen and oxygen atoms in total. The zero-order valence-electron chi connectivity index (χ0n) is 16.9. The predicted molar refractivity (Wildman–Crippen MR) is 114 cm³/mol. The smallest absolute Gasteiger partial charge is 0.328 e. The monoisotopic (exact) mass is 427 g/mol. The minimum absolute atomic E-state index is 0.0335. The van der Waals surface area contributed by atoms with Gasteiger partial charge in [-0.25, -0.2) is 0 Å². The minimum Gasteiger partial charge on any atom is -0.480 e. The number of carboxylic acid groups (broad SMARTS) is 1. The number of carbonyl (C=O) groups excluding carboxylic acids is 2. The van der Waals surface area contributed by atoms with E-state index in [0.717, 1.165) is 5.56 Å². The number of H-pyrrole nitrogens is 1. The van der Waals surface area contributed by atoms with Crippen LogP contribution in [0.2, 0.25) is 5.02 Å². The Labute approximate surface area is 178 Å². The summed E-state index contributed by atoms with van der Waals surface area (Å²) in [6.45, 7) is 5.12. The van der Waals surface area contributed by atoms with Crippen molar-refractivity contribution in [3.05, 3.63) is 64.3 Å². The van der Waals surface area contributed by atoms with Gasteiger partial charge in [-0.05, 0) is 56.2 Å². The first kappa shape index (κ1) is 21.6. The summed E-state index contributed by atoms with van der Waals surface area (Å²) in [5.74, 6) is -2.50. The van der Waals surface area contributed by atoms with Gasteiger partial charge < -0.3 is 14.8 Å². The first-order valence-corrected chi connectivity index (χ1v) is 9.99. The number of aliphatic carboxylic acids is 1. The van der Waals surface area contributed by atoms with Crippen molar-refractivity contribution in [2.45, 2.75) is 33.6 Å². The number of ketones is 1. The highest BCUT2D eigenvalue weighted by molar-refractivity contribution is 6.30. The number of hydrogen-bond acceptors (Lipinski definition) is 4. The zero-order valence-corrected chi connectivity index (χ0v) is 17.7. The van der Waals surface area contributed by atoms with Crippen molar-refractivity contribution in [1.29, 1.82) is 0 Å². The van der Waals surface area contributed by atoms with Gasteiger partial charge in [-0.2, -0.15) is 0 Å². The number of aryl methyl sites for hydroxylation is 1. The number of nitrogens with one attached hydrogen (secondary N) is 1. The third-order valence-electron chi connectivity index (χ3n) is 5.44. The van der Waals surface area contributed by atoms with Crippen molar-refractivity contribution in [3.63, 3.8) is 0 Å². The number of rotatable bonds is 7. The maximum absolute atomic E-state index is 13.2. The van der Waals surface area contributed by atoms with E-state index < -0.39 is 23.1 Å². The second kappa shape index (κ2) is 8.32. The van der Waals surface area contributed by atoms with Crippen LogP contribution in [0.25, 0.3) is 10.9 Å².